The van der Waals surface area contributed by atoms with Gasteiger partial charge in [0.2, 0.25) is 12.0 Å². The average molecular weight is 266 g/mol. The van der Waals surface area contributed by atoms with Crippen molar-refractivity contribution in [3.63, 3.8) is 0 Å². The number of isocyanates is 1. The number of hydrogen-bond donors (Lipinski definition) is 0. The van der Waals surface area contributed by atoms with Crippen molar-refractivity contribution >= 4 is 11.8 Å². The fourth-order valence-electron chi connectivity index (χ4n) is 2.80. The second-order valence-electron chi connectivity index (χ2n) is 4.72. The minimum absolute atomic E-state index is 0.535. The van der Waals surface area contributed by atoms with Gasteiger partial charge in [-0.1, -0.05) is 12.1 Å². The lowest BCUT2D eigenvalue weighted by atomic mass is 9.98. The number of methoxy groups -OCH3 is 1. The second-order valence-corrected chi connectivity index (χ2v) is 4.72. The van der Waals surface area contributed by atoms with E-state index in [2.05, 4.69) is 16.0 Å². The third-order valence-electron chi connectivity index (χ3n) is 3.66. The van der Waals surface area contributed by atoms with Gasteiger partial charge < -0.3 is 4.74 Å². The smallest absolute Gasteiger partial charge is 0.240 e. The average Bonchev–Trinajstić information content (AvgIpc) is 2.97. The highest BCUT2D eigenvalue weighted by Crippen LogP contribution is 2.41. The van der Waals surface area contributed by atoms with E-state index in [4.69, 9.17) is 4.74 Å². The van der Waals surface area contributed by atoms with Crippen LogP contribution in [0.5, 0.6) is 5.88 Å². The fraction of sp³-hybridized carbons (Fsp3) is 0.250. The highest BCUT2D eigenvalue weighted by molar-refractivity contribution is 5.83. The summed E-state index contributed by atoms with van der Waals surface area (Å²) in [6.45, 7) is 0. The number of rotatable bonds is 3. The first-order valence-electron chi connectivity index (χ1n) is 6.57. The number of aryl methyl sites for hydroxylation is 1. The molecule has 0 amide bonds. The van der Waals surface area contributed by atoms with Crippen molar-refractivity contribution in [2.45, 2.75) is 19.3 Å². The van der Waals surface area contributed by atoms with Crippen LogP contribution >= 0.6 is 0 Å². The molecule has 1 heterocycles. The Morgan fingerprint density at radius 3 is 2.95 bits per heavy atom. The van der Waals surface area contributed by atoms with Crippen LogP contribution in [0.3, 0.4) is 0 Å². The standard InChI is InChI=1S/C16H14N2O2/c1-20-16-14(6-3-9-17-16)13-8-7-11-4-2-5-12(11)15(13)18-10-19/h3,6-9H,2,4-5H2,1H3. The molecule has 1 aromatic carbocycles. The van der Waals surface area contributed by atoms with Crippen molar-refractivity contribution in [1.82, 2.24) is 4.98 Å². The molecule has 0 spiro atoms. The molecule has 0 fully saturated rings. The molecule has 0 atom stereocenters. The summed E-state index contributed by atoms with van der Waals surface area (Å²) in [6.07, 6.45) is 6.45. The molecule has 1 aromatic heterocycles. The number of carbonyl (C=O) groups excluding carboxylic acids is 1. The molecule has 1 aliphatic rings. The van der Waals surface area contributed by atoms with Crippen LogP contribution in [-0.2, 0) is 17.6 Å². The molecule has 100 valence electrons. The maximum atomic E-state index is 10.8. The van der Waals surface area contributed by atoms with E-state index in [9.17, 15) is 4.79 Å². The van der Waals surface area contributed by atoms with E-state index < -0.39 is 0 Å². The SMILES string of the molecule is COc1ncccc1-c1ccc2c(c1N=C=O)CCC2. The molecular formula is C16H14N2O2. The van der Waals surface area contributed by atoms with Gasteiger partial charge >= 0.3 is 0 Å². The molecule has 0 bridgehead atoms. The summed E-state index contributed by atoms with van der Waals surface area (Å²) in [4.78, 5) is 18.9. The van der Waals surface area contributed by atoms with Crippen LogP contribution in [0, 0.1) is 0 Å². The van der Waals surface area contributed by atoms with E-state index in [-0.39, 0.29) is 0 Å². The lowest BCUT2D eigenvalue weighted by molar-refractivity contribution is 0.399. The van der Waals surface area contributed by atoms with Crippen LogP contribution in [0.2, 0.25) is 0 Å². The van der Waals surface area contributed by atoms with Crippen molar-refractivity contribution in [2.24, 2.45) is 4.99 Å². The molecule has 0 unspecified atom stereocenters. The largest absolute Gasteiger partial charge is 0.481 e. The van der Waals surface area contributed by atoms with E-state index in [1.165, 1.54) is 5.56 Å². The van der Waals surface area contributed by atoms with Gasteiger partial charge in [-0.2, -0.15) is 4.99 Å². The Balaban J connectivity index is 2.26. The Morgan fingerprint density at radius 1 is 1.25 bits per heavy atom. The van der Waals surface area contributed by atoms with Crippen LogP contribution in [0.25, 0.3) is 11.1 Å². The monoisotopic (exact) mass is 266 g/mol. The molecule has 0 radical (unpaired) electrons. The summed E-state index contributed by atoms with van der Waals surface area (Å²) in [5.74, 6) is 0.535. The van der Waals surface area contributed by atoms with Gasteiger partial charge in [-0.05, 0) is 42.5 Å². The zero-order valence-corrected chi connectivity index (χ0v) is 11.2. The minimum Gasteiger partial charge on any atom is -0.481 e. The second kappa shape index (κ2) is 5.27. The Labute approximate surface area is 117 Å². The van der Waals surface area contributed by atoms with Crippen molar-refractivity contribution in [1.29, 1.82) is 0 Å². The third kappa shape index (κ3) is 2.00. The van der Waals surface area contributed by atoms with Gasteiger partial charge in [-0.15, -0.1) is 0 Å². The zero-order valence-electron chi connectivity index (χ0n) is 11.2. The van der Waals surface area contributed by atoms with Crippen molar-refractivity contribution in [3.8, 4) is 17.0 Å². The molecule has 0 saturated carbocycles. The van der Waals surface area contributed by atoms with Crippen molar-refractivity contribution in [3.05, 3.63) is 41.6 Å². The molecule has 4 nitrogen and oxygen atoms in total. The maximum absolute atomic E-state index is 10.8. The summed E-state index contributed by atoms with van der Waals surface area (Å²) in [6, 6.07) is 7.86. The molecular weight excluding hydrogens is 252 g/mol. The van der Waals surface area contributed by atoms with E-state index in [0.717, 1.165) is 36.0 Å². The lowest BCUT2D eigenvalue weighted by Crippen LogP contribution is -1.93. The number of ether oxygens (including phenoxy) is 1. The van der Waals surface area contributed by atoms with Gasteiger partial charge in [-0.3, -0.25) is 0 Å². The Hall–Kier alpha value is -2.45. The van der Waals surface area contributed by atoms with Crippen molar-refractivity contribution < 1.29 is 9.53 Å². The predicted octanol–water partition coefficient (Wildman–Crippen LogP) is 3.21. The van der Waals surface area contributed by atoms with Gasteiger partial charge in [0.25, 0.3) is 0 Å². The summed E-state index contributed by atoms with van der Waals surface area (Å²) in [5, 5.41) is 0. The summed E-state index contributed by atoms with van der Waals surface area (Å²) < 4.78 is 5.30. The maximum Gasteiger partial charge on any atom is 0.240 e. The molecule has 3 rings (SSSR count). The number of nitrogens with zero attached hydrogens (tertiary/aromatic N) is 2. The van der Waals surface area contributed by atoms with E-state index in [0.29, 0.717) is 11.6 Å². The molecule has 0 aliphatic heterocycles. The van der Waals surface area contributed by atoms with Crippen LogP contribution in [0.15, 0.2) is 35.5 Å². The highest BCUT2D eigenvalue weighted by atomic mass is 16.5. The van der Waals surface area contributed by atoms with Crippen LogP contribution in [0.4, 0.5) is 5.69 Å². The fourth-order valence-corrected chi connectivity index (χ4v) is 2.80. The summed E-state index contributed by atoms with van der Waals surface area (Å²) in [7, 11) is 1.59. The van der Waals surface area contributed by atoms with E-state index in [1.54, 1.807) is 19.4 Å². The Kier molecular flexibility index (Phi) is 3.32. The van der Waals surface area contributed by atoms with Crippen LogP contribution in [0.1, 0.15) is 17.5 Å². The molecule has 20 heavy (non-hydrogen) atoms. The van der Waals surface area contributed by atoms with Crippen LogP contribution < -0.4 is 4.74 Å². The quantitative estimate of drug-likeness (QED) is 0.633. The normalized spacial score (nSPS) is 12.7. The highest BCUT2D eigenvalue weighted by Gasteiger charge is 2.20. The van der Waals surface area contributed by atoms with Gasteiger partial charge in [-0.25, -0.2) is 9.78 Å². The van der Waals surface area contributed by atoms with Gasteiger partial charge in [0.15, 0.2) is 0 Å². The number of aliphatic imine (C=N–C) groups is 1. The predicted molar refractivity (Wildman–Crippen MR) is 76.0 cm³/mol. The molecule has 1 aliphatic carbocycles. The minimum atomic E-state index is 0.535. The van der Waals surface area contributed by atoms with Crippen LogP contribution in [-0.4, -0.2) is 18.2 Å². The Bertz CT molecular complexity index is 704. The number of fused-ring (bicyclic) bond motifs is 1. The summed E-state index contributed by atoms with van der Waals surface area (Å²) in [5.41, 5.74) is 4.85. The summed E-state index contributed by atoms with van der Waals surface area (Å²) >= 11 is 0. The molecule has 0 N–H and O–H groups in total. The topological polar surface area (TPSA) is 51.6 Å². The molecule has 4 heteroatoms. The van der Waals surface area contributed by atoms with Gasteiger partial charge in [0, 0.05) is 17.3 Å². The zero-order chi connectivity index (χ0) is 13.9. The first-order valence-corrected chi connectivity index (χ1v) is 6.57. The lowest BCUT2D eigenvalue weighted by Gasteiger charge is -2.12. The van der Waals surface area contributed by atoms with Gasteiger partial charge in [0.05, 0.1) is 12.8 Å². The number of aromatic nitrogens is 1. The van der Waals surface area contributed by atoms with E-state index >= 15 is 0 Å². The Morgan fingerprint density at radius 2 is 2.15 bits per heavy atom. The number of pyridine rings is 1. The molecule has 0 saturated heterocycles. The number of benzene rings is 1. The van der Waals surface area contributed by atoms with Crippen molar-refractivity contribution in [2.75, 3.05) is 7.11 Å². The first-order chi connectivity index (χ1) is 9.85. The van der Waals surface area contributed by atoms with E-state index in [1.807, 2.05) is 18.2 Å². The van der Waals surface area contributed by atoms with Gasteiger partial charge in [0.1, 0.15) is 0 Å². The third-order valence-corrected chi connectivity index (χ3v) is 3.66. The first kappa shape index (κ1) is 12.6. The molecule has 2 aromatic rings. The number of hydrogen-bond acceptors (Lipinski definition) is 4.